The van der Waals surface area contributed by atoms with Gasteiger partial charge in [0.25, 0.3) is 0 Å². The molecular weight excluding hydrogens is 294 g/mol. The van der Waals surface area contributed by atoms with Gasteiger partial charge in [0.2, 0.25) is 0 Å². The van der Waals surface area contributed by atoms with Crippen LogP contribution >= 0.6 is 0 Å². The van der Waals surface area contributed by atoms with Gasteiger partial charge >= 0.3 is 0 Å². The number of methoxy groups -OCH3 is 1. The minimum atomic E-state index is 0.350. The van der Waals surface area contributed by atoms with E-state index in [-0.39, 0.29) is 0 Å². The number of benzene rings is 2. The predicted octanol–water partition coefficient (Wildman–Crippen LogP) is 5.65. The Bertz CT molecular complexity index is 760. The van der Waals surface area contributed by atoms with E-state index in [1.54, 1.807) is 7.11 Å². The highest BCUT2D eigenvalue weighted by atomic mass is 16.5. The molecule has 2 aromatic rings. The summed E-state index contributed by atoms with van der Waals surface area (Å²) in [5, 5.41) is 3.89. The molecule has 0 amide bonds. The Morgan fingerprint density at radius 1 is 1.08 bits per heavy atom. The molecule has 0 spiro atoms. The van der Waals surface area contributed by atoms with Gasteiger partial charge in [-0.05, 0) is 47.1 Å². The number of ether oxygens (including phenoxy) is 1. The lowest BCUT2D eigenvalue weighted by molar-refractivity contribution is 0.411. The van der Waals surface area contributed by atoms with Crippen LogP contribution in [-0.2, 0) is 0 Å². The highest BCUT2D eigenvalue weighted by Crippen LogP contribution is 2.51. The van der Waals surface area contributed by atoms with Crippen molar-refractivity contribution < 1.29 is 4.74 Å². The maximum absolute atomic E-state index is 5.32. The molecule has 1 heterocycles. The zero-order chi connectivity index (χ0) is 16.7. The maximum Gasteiger partial charge on any atom is 0.118 e. The summed E-state index contributed by atoms with van der Waals surface area (Å²) in [6.07, 6.45) is 5.90. The lowest BCUT2D eigenvalue weighted by atomic mass is 9.75. The predicted molar refractivity (Wildman–Crippen MR) is 99.9 cm³/mol. The van der Waals surface area contributed by atoms with Gasteiger partial charge in [0.05, 0.1) is 13.2 Å². The Labute approximate surface area is 144 Å². The number of anilines is 1. The fourth-order valence-corrected chi connectivity index (χ4v) is 4.27. The van der Waals surface area contributed by atoms with Crippen LogP contribution in [0.4, 0.5) is 5.69 Å². The van der Waals surface area contributed by atoms with Gasteiger partial charge in [0, 0.05) is 11.6 Å². The van der Waals surface area contributed by atoms with Crippen LogP contribution in [-0.4, -0.2) is 7.11 Å². The van der Waals surface area contributed by atoms with Crippen LogP contribution in [0.1, 0.15) is 54.8 Å². The summed E-state index contributed by atoms with van der Waals surface area (Å²) in [5.41, 5.74) is 5.58. The summed E-state index contributed by atoms with van der Waals surface area (Å²) in [6, 6.07) is 15.7. The molecule has 24 heavy (non-hydrogen) atoms. The van der Waals surface area contributed by atoms with Crippen molar-refractivity contribution in [2.45, 2.75) is 38.1 Å². The first-order chi connectivity index (χ1) is 11.7. The van der Waals surface area contributed by atoms with Crippen molar-refractivity contribution in [3.05, 3.63) is 71.3 Å². The van der Waals surface area contributed by atoms with E-state index in [0.29, 0.717) is 23.8 Å². The molecule has 0 saturated carbocycles. The molecule has 1 N–H and O–H groups in total. The molecule has 124 valence electrons. The zero-order valence-electron chi connectivity index (χ0n) is 14.6. The van der Waals surface area contributed by atoms with E-state index >= 15 is 0 Å². The van der Waals surface area contributed by atoms with E-state index in [1.165, 1.54) is 22.4 Å². The molecule has 0 aromatic heterocycles. The summed E-state index contributed by atoms with van der Waals surface area (Å²) in [6.45, 7) is 4.55. The van der Waals surface area contributed by atoms with Crippen molar-refractivity contribution >= 4 is 5.69 Å². The van der Waals surface area contributed by atoms with Gasteiger partial charge in [-0.25, -0.2) is 0 Å². The van der Waals surface area contributed by atoms with Crippen LogP contribution in [0.5, 0.6) is 5.75 Å². The fourth-order valence-electron chi connectivity index (χ4n) is 4.27. The molecule has 1 aliphatic heterocycles. The van der Waals surface area contributed by atoms with Crippen molar-refractivity contribution in [3.8, 4) is 5.75 Å². The Hall–Kier alpha value is -2.22. The fraction of sp³-hybridized carbons (Fsp3) is 0.364. The largest absolute Gasteiger partial charge is 0.497 e. The quantitative estimate of drug-likeness (QED) is 0.739. The van der Waals surface area contributed by atoms with Crippen molar-refractivity contribution in [3.63, 3.8) is 0 Å². The summed E-state index contributed by atoms with van der Waals surface area (Å²) in [5.74, 6) is 2.55. The first kappa shape index (κ1) is 15.3. The maximum atomic E-state index is 5.32. The van der Waals surface area contributed by atoms with Gasteiger partial charge in [-0.2, -0.15) is 0 Å². The highest BCUT2D eigenvalue weighted by molar-refractivity contribution is 5.65. The second-order valence-electron chi connectivity index (χ2n) is 7.21. The summed E-state index contributed by atoms with van der Waals surface area (Å²) in [4.78, 5) is 0. The smallest absolute Gasteiger partial charge is 0.118 e. The van der Waals surface area contributed by atoms with E-state index < -0.39 is 0 Å². The van der Waals surface area contributed by atoms with Gasteiger partial charge in [0.1, 0.15) is 5.75 Å². The Kier molecular flexibility index (Phi) is 3.84. The average molecular weight is 319 g/mol. The lowest BCUT2D eigenvalue weighted by Crippen LogP contribution is -2.29. The molecule has 2 aromatic carbocycles. The van der Waals surface area contributed by atoms with Crippen LogP contribution in [0, 0.1) is 5.92 Å². The summed E-state index contributed by atoms with van der Waals surface area (Å²) in [7, 11) is 1.72. The van der Waals surface area contributed by atoms with Crippen molar-refractivity contribution in [1.29, 1.82) is 0 Å². The minimum absolute atomic E-state index is 0.350. The number of rotatable bonds is 3. The van der Waals surface area contributed by atoms with Crippen LogP contribution in [0.2, 0.25) is 0 Å². The minimum Gasteiger partial charge on any atom is -0.497 e. The first-order valence-corrected chi connectivity index (χ1v) is 8.89. The van der Waals surface area contributed by atoms with Gasteiger partial charge in [-0.15, -0.1) is 0 Å². The molecule has 0 fully saturated rings. The molecule has 3 atom stereocenters. The van der Waals surface area contributed by atoms with Crippen LogP contribution in [0.15, 0.2) is 54.6 Å². The number of para-hydroxylation sites is 1. The summed E-state index contributed by atoms with van der Waals surface area (Å²) < 4.78 is 5.32. The number of hydrogen-bond acceptors (Lipinski definition) is 2. The molecule has 0 bridgehead atoms. The standard InChI is InChI=1S/C22H25NO/c1-14(2)17-6-4-9-20-18-7-5-8-19(18)21(23-22(17)20)15-10-12-16(24-3)13-11-15/h4-7,9-14,18-19,21,23H,8H2,1-3H3. The molecule has 2 heteroatoms. The molecule has 0 radical (unpaired) electrons. The van der Waals surface area contributed by atoms with Crippen molar-refractivity contribution in [1.82, 2.24) is 0 Å². The Balaban J connectivity index is 1.78. The van der Waals surface area contributed by atoms with Crippen molar-refractivity contribution in [2.75, 3.05) is 12.4 Å². The van der Waals surface area contributed by atoms with E-state index in [0.717, 1.165) is 12.2 Å². The van der Waals surface area contributed by atoms with Gasteiger partial charge in [-0.3, -0.25) is 0 Å². The van der Waals surface area contributed by atoms with Crippen LogP contribution < -0.4 is 10.1 Å². The molecule has 4 rings (SSSR count). The van der Waals surface area contributed by atoms with E-state index in [1.807, 2.05) is 0 Å². The second-order valence-corrected chi connectivity index (χ2v) is 7.21. The average Bonchev–Trinajstić information content (AvgIpc) is 3.10. The first-order valence-electron chi connectivity index (χ1n) is 8.89. The van der Waals surface area contributed by atoms with Crippen LogP contribution in [0.3, 0.4) is 0 Å². The number of fused-ring (bicyclic) bond motifs is 3. The van der Waals surface area contributed by atoms with Gasteiger partial charge in [0.15, 0.2) is 0 Å². The second kappa shape index (κ2) is 6.01. The Morgan fingerprint density at radius 2 is 1.88 bits per heavy atom. The van der Waals surface area contributed by atoms with E-state index in [2.05, 4.69) is 73.8 Å². The zero-order valence-corrected chi connectivity index (χ0v) is 14.6. The third kappa shape index (κ3) is 2.41. The van der Waals surface area contributed by atoms with Crippen LogP contribution in [0.25, 0.3) is 0 Å². The summed E-state index contributed by atoms with van der Waals surface area (Å²) >= 11 is 0. The third-order valence-corrected chi connectivity index (χ3v) is 5.53. The number of allylic oxidation sites excluding steroid dienone is 2. The monoisotopic (exact) mass is 319 g/mol. The highest BCUT2D eigenvalue weighted by Gasteiger charge is 2.38. The molecular formula is C22H25NO. The number of nitrogens with one attached hydrogen (secondary N) is 1. The van der Waals surface area contributed by atoms with E-state index in [4.69, 9.17) is 4.74 Å². The molecule has 1 aliphatic carbocycles. The normalized spacial score (nSPS) is 24.4. The topological polar surface area (TPSA) is 21.3 Å². The lowest BCUT2D eigenvalue weighted by Gasteiger charge is -2.39. The molecule has 3 unspecified atom stereocenters. The molecule has 0 saturated heterocycles. The third-order valence-electron chi connectivity index (χ3n) is 5.53. The van der Waals surface area contributed by atoms with Gasteiger partial charge < -0.3 is 10.1 Å². The SMILES string of the molecule is COc1ccc(C2Nc3c(C(C)C)cccc3C3C=CCC32)cc1. The van der Waals surface area contributed by atoms with Crippen molar-refractivity contribution in [2.24, 2.45) is 5.92 Å². The molecule has 2 aliphatic rings. The number of hydrogen-bond donors (Lipinski definition) is 1. The van der Waals surface area contributed by atoms with E-state index in [9.17, 15) is 0 Å². The Morgan fingerprint density at radius 3 is 2.58 bits per heavy atom. The van der Waals surface area contributed by atoms with Gasteiger partial charge in [-0.1, -0.05) is 56.3 Å². The molecule has 2 nitrogen and oxygen atoms in total.